The highest BCUT2D eigenvalue weighted by atomic mass is 16.5. The van der Waals surface area contributed by atoms with Crippen LogP contribution in [-0.4, -0.2) is 7.11 Å². The van der Waals surface area contributed by atoms with Gasteiger partial charge in [0.05, 0.1) is 7.11 Å². The van der Waals surface area contributed by atoms with Crippen molar-refractivity contribution < 1.29 is 4.74 Å². The Labute approximate surface area is 108 Å². The second-order valence-electron chi connectivity index (χ2n) is 4.98. The number of hydrogen-bond donors (Lipinski definition) is 0. The van der Waals surface area contributed by atoms with Gasteiger partial charge in [0.15, 0.2) is 0 Å². The number of fused-ring (bicyclic) bond motifs is 1. The van der Waals surface area contributed by atoms with Crippen LogP contribution in [0.3, 0.4) is 0 Å². The first-order valence-electron chi connectivity index (χ1n) is 6.55. The van der Waals surface area contributed by atoms with Gasteiger partial charge in [-0.05, 0) is 66.1 Å². The summed E-state index contributed by atoms with van der Waals surface area (Å²) in [6.45, 7) is 2.17. The van der Waals surface area contributed by atoms with E-state index < -0.39 is 0 Å². The van der Waals surface area contributed by atoms with E-state index >= 15 is 0 Å². The van der Waals surface area contributed by atoms with Crippen molar-refractivity contribution in [3.05, 3.63) is 53.1 Å². The zero-order chi connectivity index (χ0) is 12.5. The lowest BCUT2D eigenvalue weighted by molar-refractivity contribution is 0.415. The molecule has 0 fully saturated rings. The highest BCUT2D eigenvalue weighted by Crippen LogP contribution is 2.35. The van der Waals surface area contributed by atoms with Gasteiger partial charge in [-0.15, -0.1) is 0 Å². The maximum absolute atomic E-state index is 5.35. The maximum atomic E-state index is 5.35. The van der Waals surface area contributed by atoms with Crippen LogP contribution in [0.5, 0.6) is 5.75 Å². The third kappa shape index (κ3) is 1.80. The molecule has 0 bridgehead atoms. The van der Waals surface area contributed by atoms with Crippen LogP contribution in [0.25, 0.3) is 11.1 Å². The lowest BCUT2D eigenvalue weighted by Crippen LogP contribution is -1.92. The second kappa shape index (κ2) is 4.49. The van der Waals surface area contributed by atoms with Gasteiger partial charge >= 0.3 is 0 Å². The predicted octanol–water partition coefficient (Wildman–Crippen LogP) is 4.16. The monoisotopic (exact) mass is 238 g/mol. The van der Waals surface area contributed by atoms with Crippen LogP contribution in [0.15, 0.2) is 36.4 Å². The molecule has 0 amide bonds. The molecule has 0 unspecified atom stereocenters. The van der Waals surface area contributed by atoms with Crippen LogP contribution in [0.4, 0.5) is 0 Å². The molecule has 18 heavy (non-hydrogen) atoms. The van der Waals surface area contributed by atoms with E-state index in [1.54, 1.807) is 7.11 Å². The number of rotatable bonds is 2. The summed E-state index contributed by atoms with van der Waals surface area (Å²) in [6, 6.07) is 13.0. The van der Waals surface area contributed by atoms with Crippen molar-refractivity contribution in [2.75, 3.05) is 7.11 Å². The molecule has 0 aromatic heterocycles. The average Bonchev–Trinajstić information content (AvgIpc) is 2.87. The van der Waals surface area contributed by atoms with Crippen LogP contribution in [0.1, 0.15) is 23.1 Å². The van der Waals surface area contributed by atoms with Gasteiger partial charge in [0.25, 0.3) is 0 Å². The molecule has 92 valence electrons. The summed E-state index contributed by atoms with van der Waals surface area (Å²) in [5.74, 6) is 0.936. The highest BCUT2D eigenvalue weighted by Gasteiger charge is 2.16. The van der Waals surface area contributed by atoms with Gasteiger partial charge in [-0.25, -0.2) is 0 Å². The van der Waals surface area contributed by atoms with E-state index in [9.17, 15) is 0 Å². The van der Waals surface area contributed by atoms with Crippen molar-refractivity contribution in [3.8, 4) is 16.9 Å². The van der Waals surface area contributed by atoms with Gasteiger partial charge in [0, 0.05) is 0 Å². The van der Waals surface area contributed by atoms with E-state index in [4.69, 9.17) is 4.74 Å². The average molecular weight is 238 g/mol. The molecule has 0 heterocycles. The van der Waals surface area contributed by atoms with Crippen molar-refractivity contribution in [2.45, 2.75) is 26.2 Å². The summed E-state index contributed by atoms with van der Waals surface area (Å²) in [6.07, 6.45) is 3.73. The molecule has 0 saturated carbocycles. The first kappa shape index (κ1) is 11.3. The molecule has 1 nitrogen and oxygen atoms in total. The van der Waals surface area contributed by atoms with Crippen LogP contribution in [0, 0.1) is 6.92 Å². The molecule has 2 aromatic carbocycles. The molecule has 1 heteroatoms. The molecule has 0 saturated heterocycles. The Morgan fingerprint density at radius 3 is 2.72 bits per heavy atom. The van der Waals surface area contributed by atoms with Gasteiger partial charge in [-0.1, -0.05) is 24.3 Å². The topological polar surface area (TPSA) is 9.23 Å². The van der Waals surface area contributed by atoms with Crippen LogP contribution >= 0.6 is 0 Å². The van der Waals surface area contributed by atoms with E-state index in [1.807, 2.05) is 6.07 Å². The standard InChI is InChI=1S/C17H18O/c1-12-9-10-14(18-2)11-17(12)16-8-4-6-13-5-3-7-15(13)16/h4,6,8-11H,3,5,7H2,1-2H3. The summed E-state index contributed by atoms with van der Waals surface area (Å²) < 4.78 is 5.35. The molecular weight excluding hydrogens is 220 g/mol. The smallest absolute Gasteiger partial charge is 0.119 e. The minimum atomic E-state index is 0.936. The van der Waals surface area contributed by atoms with E-state index in [0.717, 1.165) is 5.75 Å². The fourth-order valence-corrected chi connectivity index (χ4v) is 2.89. The van der Waals surface area contributed by atoms with Gasteiger partial charge in [-0.2, -0.15) is 0 Å². The quantitative estimate of drug-likeness (QED) is 0.763. The van der Waals surface area contributed by atoms with Crippen LogP contribution in [-0.2, 0) is 12.8 Å². The second-order valence-corrected chi connectivity index (χ2v) is 4.98. The maximum Gasteiger partial charge on any atom is 0.119 e. The summed E-state index contributed by atoms with van der Waals surface area (Å²) in [7, 11) is 1.73. The van der Waals surface area contributed by atoms with Gasteiger partial charge in [0.1, 0.15) is 5.75 Å². The van der Waals surface area contributed by atoms with Gasteiger partial charge in [-0.3, -0.25) is 0 Å². The Balaban J connectivity index is 2.18. The first-order valence-corrected chi connectivity index (χ1v) is 6.55. The van der Waals surface area contributed by atoms with Crippen LogP contribution in [0.2, 0.25) is 0 Å². The normalized spacial score (nSPS) is 13.4. The number of benzene rings is 2. The van der Waals surface area contributed by atoms with E-state index in [1.165, 1.54) is 47.1 Å². The third-order valence-electron chi connectivity index (χ3n) is 3.88. The molecule has 3 rings (SSSR count). The summed E-state index contributed by atoms with van der Waals surface area (Å²) >= 11 is 0. The molecule has 1 aliphatic carbocycles. The summed E-state index contributed by atoms with van der Waals surface area (Å²) in [5, 5.41) is 0. The lowest BCUT2D eigenvalue weighted by atomic mass is 9.94. The van der Waals surface area contributed by atoms with Crippen molar-refractivity contribution in [2.24, 2.45) is 0 Å². The highest BCUT2D eigenvalue weighted by molar-refractivity contribution is 5.73. The number of ether oxygens (including phenoxy) is 1. The van der Waals surface area contributed by atoms with E-state index in [2.05, 4.69) is 37.3 Å². The molecule has 0 radical (unpaired) electrons. The molecular formula is C17H18O. The number of methoxy groups -OCH3 is 1. The largest absolute Gasteiger partial charge is 0.497 e. The molecule has 1 aliphatic rings. The SMILES string of the molecule is COc1ccc(C)c(-c2cccc3c2CCC3)c1. The van der Waals surface area contributed by atoms with Gasteiger partial charge in [0.2, 0.25) is 0 Å². The van der Waals surface area contributed by atoms with Crippen LogP contribution < -0.4 is 4.74 Å². The zero-order valence-corrected chi connectivity index (χ0v) is 11.0. The number of aryl methyl sites for hydroxylation is 2. The van der Waals surface area contributed by atoms with Crippen molar-refractivity contribution in [1.82, 2.24) is 0 Å². The van der Waals surface area contributed by atoms with E-state index in [-0.39, 0.29) is 0 Å². The first-order chi connectivity index (χ1) is 8.79. The van der Waals surface area contributed by atoms with Crippen molar-refractivity contribution in [3.63, 3.8) is 0 Å². The number of hydrogen-bond acceptors (Lipinski definition) is 1. The fraction of sp³-hybridized carbons (Fsp3) is 0.294. The predicted molar refractivity (Wildman–Crippen MR) is 75.2 cm³/mol. The Morgan fingerprint density at radius 2 is 1.89 bits per heavy atom. The summed E-state index contributed by atoms with van der Waals surface area (Å²) in [4.78, 5) is 0. The Kier molecular flexibility index (Phi) is 2.83. The third-order valence-corrected chi connectivity index (χ3v) is 3.88. The van der Waals surface area contributed by atoms with Crippen molar-refractivity contribution in [1.29, 1.82) is 0 Å². The lowest BCUT2D eigenvalue weighted by Gasteiger charge is -2.12. The minimum Gasteiger partial charge on any atom is -0.497 e. The minimum absolute atomic E-state index is 0.936. The Morgan fingerprint density at radius 1 is 1.00 bits per heavy atom. The Bertz CT molecular complexity index is 584. The molecule has 2 aromatic rings. The fourth-order valence-electron chi connectivity index (χ4n) is 2.89. The van der Waals surface area contributed by atoms with Crippen molar-refractivity contribution >= 4 is 0 Å². The van der Waals surface area contributed by atoms with Gasteiger partial charge < -0.3 is 4.74 Å². The Hall–Kier alpha value is -1.76. The zero-order valence-electron chi connectivity index (χ0n) is 11.0. The molecule has 0 atom stereocenters. The van der Waals surface area contributed by atoms with E-state index in [0.29, 0.717) is 0 Å². The molecule has 0 aliphatic heterocycles. The molecule has 0 N–H and O–H groups in total. The summed E-state index contributed by atoms with van der Waals surface area (Å²) in [5.41, 5.74) is 7.08. The molecule has 0 spiro atoms.